The van der Waals surface area contributed by atoms with Gasteiger partial charge in [0.2, 0.25) is 0 Å². The fourth-order valence-electron chi connectivity index (χ4n) is 8.04. The van der Waals surface area contributed by atoms with Gasteiger partial charge in [0.05, 0.1) is 5.41 Å². The first kappa shape index (κ1) is 26.4. The van der Waals surface area contributed by atoms with E-state index in [1.807, 2.05) is 12.1 Å². The lowest BCUT2D eigenvalue weighted by Crippen LogP contribution is -2.25. The van der Waals surface area contributed by atoms with Crippen LogP contribution >= 0.6 is 0 Å². The van der Waals surface area contributed by atoms with Crippen LogP contribution in [0.5, 0.6) is 0 Å². The van der Waals surface area contributed by atoms with Gasteiger partial charge < -0.3 is 4.57 Å². The molecule has 0 N–H and O–H groups in total. The summed E-state index contributed by atoms with van der Waals surface area (Å²) >= 11 is 0. The van der Waals surface area contributed by atoms with Crippen LogP contribution < -0.4 is 0 Å². The largest absolute Gasteiger partial charge is 0.340 e. The summed E-state index contributed by atoms with van der Waals surface area (Å²) in [6.07, 6.45) is 15.7. The molecule has 0 fully saturated rings. The third-order valence-electron chi connectivity index (χ3n) is 9.79. The normalized spacial score (nSPS) is 14.0. The topological polar surface area (TPSA) is 30.7 Å². The Balaban J connectivity index is 1.26. The zero-order chi connectivity index (χ0) is 30.7. The lowest BCUT2D eigenvalue weighted by molar-refractivity contribution is 0.762. The molecule has 0 radical (unpaired) electrons. The first-order chi connectivity index (χ1) is 22.8. The molecule has 46 heavy (non-hydrogen) atoms. The highest BCUT2D eigenvalue weighted by Gasteiger charge is 2.51. The molecule has 7 aromatic rings. The molecule has 2 aliphatic carbocycles. The van der Waals surface area contributed by atoms with Crippen LogP contribution in [0.3, 0.4) is 0 Å². The zero-order valence-electron chi connectivity index (χ0n) is 25.2. The van der Waals surface area contributed by atoms with E-state index in [1.165, 1.54) is 66.3 Å². The van der Waals surface area contributed by atoms with E-state index in [9.17, 15) is 0 Å². The summed E-state index contributed by atoms with van der Waals surface area (Å²) in [5, 5.41) is 2.56. The molecule has 9 rings (SSSR count). The van der Waals surface area contributed by atoms with Crippen LogP contribution in [0, 0.1) is 12.3 Å². The summed E-state index contributed by atoms with van der Waals surface area (Å²) in [6, 6.07) is 42.6. The average molecular weight is 588 g/mol. The second-order valence-electron chi connectivity index (χ2n) is 12.0. The lowest BCUT2D eigenvalue weighted by Gasteiger charge is -2.30. The van der Waals surface area contributed by atoms with Gasteiger partial charge in [-0.1, -0.05) is 103 Å². The van der Waals surface area contributed by atoms with Gasteiger partial charge in [-0.25, -0.2) is 9.97 Å². The molecule has 0 aliphatic heterocycles. The minimum absolute atomic E-state index is 0.354. The maximum atomic E-state index is 5.55. The number of para-hydroxylation sites is 1. The maximum absolute atomic E-state index is 5.55. The van der Waals surface area contributed by atoms with Crippen molar-refractivity contribution in [2.24, 2.45) is 0 Å². The standard InChI is InChI=1S/C43H29N3/c1-2-3-14-29(42-44-24-13-25-45-42)15-12-26-46-40-23-11-7-19-33(40)35-27-39-34(28-41(35)46)32-18-6-10-22-38(32)43(39)36-20-8-4-16-30(36)31-17-5-9-21-37(31)43/h1,3-11,13-25,27-28H,12,26H2/b14-3-,29-15+. The van der Waals surface area contributed by atoms with Crippen LogP contribution in [0.15, 0.2) is 146 Å². The minimum atomic E-state index is -0.354. The predicted molar refractivity (Wildman–Crippen MR) is 188 cm³/mol. The van der Waals surface area contributed by atoms with Gasteiger partial charge in [-0.05, 0) is 87.3 Å². The third kappa shape index (κ3) is 3.62. The number of hydrogen-bond acceptors (Lipinski definition) is 2. The number of nitrogens with zero attached hydrogens (tertiary/aromatic N) is 3. The molecule has 2 aliphatic rings. The van der Waals surface area contributed by atoms with Crippen LogP contribution in [0.2, 0.25) is 0 Å². The van der Waals surface area contributed by atoms with Gasteiger partial charge in [0.25, 0.3) is 0 Å². The zero-order valence-corrected chi connectivity index (χ0v) is 25.2. The Bertz CT molecular complexity index is 2390. The van der Waals surface area contributed by atoms with Gasteiger partial charge in [-0.3, -0.25) is 0 Å². The summed E-state index contributed by atoms with van der Waals surface area (Å²) in [6.45, 7) is 0.807. The molecular formula is C43H29N3. The molecule has 5 aromatic carbocycles. The summed E-state index contributed by atoms with van der Waals surface area (Å²) in [7, 11) is 0. The Kier molecular flexibility index (Phi) is 5.91. The van der Waals surface area contributed by atoms with Gasteiger partial charge in [0, 0.05) is 46.3 Å². The van der Waals surface area contributed by atoms with E-state index in [0.29, 0.717) is 5.82 Å². The molecular weight excluding hydrogens is 558 g/mol. The summed E-state index contributed by atoms with van der Waals surface area (Å²) < 4.78 is 2.47. The first-order valence-electron chi connectivity index (χ1n) is 15.8. The Morgan fingerprint density at radius 1 is 0.652 bits per heavy atom. The van der Waals surface area contributed by atoms with Crippen molar-refractivity contribution in [1.82, 2.24) is 14.5 Å². The van der Waals surface area contributed by atoms with E-state index in [0.717, 1.165) is 18.5 Å². The average Bonchev–Trinajstić information content (AvgIpc) is 3.70. The van der Waals surface area contributed by atoms with Crippen LogP contribution in [-0.4, -0.2) is 14.5 Å². The van der Waals surface area contributed by atoms with Crippen molar-refractivity contribution in [3.05, 3.63) is 174 Å². The molecule has 0 amide bonds. The number of hydrogen-bond donors (Lipinski definition) is 0. The van der Waals surface area contributed by atoms with E-state index < -0.39 is 0 Å². The molecule has 2 aromatic heterocycles. The summed E-state index contributed by atoms with van der Waals surface area (Å²) in [5.74, 6) is 3.28. The molecule has 2 heterocycles. The Morgan fingerprint density at radius 3 is 1.93 bits per heavy atom. The van der Waals surface area contributed by atoms with Crippen molar-refractivity contribution < 1.29 is 0 Å². The molecule has 0 atom stereocenters. The van der Waals surface area contributed by atoms with Crippen LogP contribution in [0.4, 0.5) is 0 Å². The number of aromatic nitrogens is 3. The highest BCUT2D eigenvalue weighted by molar-refractivity contribution is 6.11. The van der Waals surface area contributed by atoms with Crippen molar-refractivity contribution >= 4 is 27.4 Å². The van der Waals surface area contributed by atoms with E-state index in [1.54, 1.807) is 18.5 Å². The van der Waals surface area contributed by atoms with Gasteiger partial charge >= 0.3 is 0 Å². The van der Waals surface area contributed by atoms with E-state index in [-0.39, 0.29) is 5.41 Å². The van der Waals surface area contributed by atoms with Crippen LogP contribution in [-0.2, 0) is 12.0 Å². The van der Waals surface area contributed by atoms with Gasteiger partial charge in [0.1, 0.15) is 0 Å². The maximum Gasteiger partial charge on any atom is 0.158 e. The van der Waals surface area contributed by atoms with Gasteiger partial charge in [0.15, 0.2) is 5.82 Å². The molecule has 216 valence electrons. The van der Waals surface area contributed by atoms with E-state index in [2.05, 4.69) is 136 Å². The fourth-order valence-corrected chi connectivity index (χ4v) is 8.04. The van der Waals surface area contributed by atoms with E-state index >= 15 is 0 Å². The van der Waals surface area contributed by atoms with Crippen molar-refractivity contribution in [3.8, 4) is 34.6 Å². The Labute approximate surface area is 268 Å². The Morgan fingerprint density at radius 2 is 1.26 bits per heavy atom. The van der Waals surface area contributed by atoms with Crippen LogP contribution in [0.1, 0.15) is 34.5 Å². The molecule has 0 saturated carbocycles. The first-order valence-corrected chi connectivity index (χ1v) is 15.8. The Hall–Kier alpha value is -5.98. The highest BCUT2D eigenvalue weighted by atomic mass is 15.0. The summed E-state index contributed by atoms with van der Waals surface area (Å²) in [5.41, 5.74) is 13.8. The number of aryl methyl sites for hydroxylation is 1. The van der Waals surface area contributed by atoms with Crippen molar-refractivity contribution in [3.63, 3.8) is 0 Å². The van der Waals surface area contributed by atoms with Crippen molar-refractivity contribution in [2.75, 3.05) is 0 Å². The van der Waals surface area contributed by atoms with Gasteiger partial charge in [-0.15, -0.1) is 6.42 Å². The molecule has 0 bridgehead atoms. The van der Waals surface area contributed by atoms with Crippen LogP contribution in [0.25, 0.3) is 49.6 Å². The lowest BCUT2D eigenvalue weighted by atomic mass is 9.70. The molecule has 3 nitrogen and oxygen atoms in total. The number of rotatable bonds is 5. The number of fused-ring (bicyclic) bond motifs is 13. The van der Waals surface area contributed by atoms with Gasteiger partial charge in [-0.2, -0.15) is 0 Å². The quantitative estimate of drug-likeness (QED) is 0.148. The second kappa shape index (κ2) is 10.3. The second-order valence-corrected chi connectivity index (χ2v) is 12.0. The minimum Gasteiger partial charge on any atom is -0.340 e. The third-order valence-corrected chi connectivity index (χ3v) is 9.79. The van der Waals surface area contributed by atoms with E-state index in [4.69, 9.17) is 6.42 Å². The molecule has 1 spiro atoms. The van der Waals surface area contributed by atoms with Crippen molar-refractivity contribution in [1.29, 1.82) is 0 Å². The fraction of sp³-hybridized carbons (Fsp3) is 0.0698. The number of terminal acetylenes is 1. The predicted octanol–water partition coefficient (Wildman–Crippen LogP) is 9.59. The SMILES string of the molecule is C#C/C=C\C(=C/CCn1c2ccccc2c2cc3c(cc21)-c1ccccc1C31c2ccccc2-c2ccccc21)c1ncccn1. The molecule has 0 saturated heterocycles. The van der Waals surface area contributed by atoms with Crippen molar-refractivity contribution in [2.45, 2.75) is 18.4 Å². The molecule has 3 heteroatoms. The number of benzene rings is 5. The number of allylic oxidation sites excluding steroid dienone is 4. The highest BCUT2D eigenvalue weighted by Crippen LogP contribution is 2.63. The summed E-state index contributed by atoms with van der Waals surface area (Å²) in [4.78, 5) is 8.94. The molecule has 0 unspecified atom stereocenters. The monoisotopic (exact) mass is 587 g/mol. The smallest absolute Gasteiger partial charge is 0.158 e.